The van der Waals surface area contributed by atoms with Crippen LogP contribution in [-0.2, 0) is 11.2 Å². The molecular weight excluding hydrogens is 255 g/mol. The molecule has 2 atom stereocenters. The molecular formula is C14H20ClFO2. The van der Waals surface area contributed by atoms with Crippen LogP contribution < -0.4 is 0 Å². The lowest BCUT2D eigenvalue weighted by molar-refractivity contribution is -0.0701. The van der Waals surface area contributed by atoms with Gasteiger partial charge in [0.25, 0.3) is 0 Å². The minimum absolute atomic E-state index is 0.0735. The Labute approximate surface area is 113 Å². The van der Waals surface area contributed by atoms with Gasteiger partial charge in [0.15, 0.2) is 0 Å². The zero-order valence-electron chi connectivity index (χ0n) is 11.2. The fourth-order valence-corrected chi connectivity index (χ4v) is 2.32. The van der Waals surface area contributed by atoms with Crippen molar-refractivity contribution in [2.24, 2.45) is 5.41 Å². The monoisotopic (exact) mass is 274 g/mol. The van der Waals surface area contributed by atoms with Gasteiger partial charge in [0.1, 0.15) is 5.82 Å². The van der Waals surface area contributed by atoms with E-state index in [1.807, 2.05) is 20.8 Å². The van der Waals surface area contributed by atoms with Gasteiger partial charge in [0, 0.05) is 13.5 Å². The molecule has 0 aliphatic carbocycles. The molecule has 2 nitrogen and oxygen atoms in total. The molecule has 1 rings (SSSR count). The first-order valence-corrected chi connectivity index (χ1v) is 6.29. The summed E-state index contributed by atoms with van der Waals surface area (Å²) < 4.78 is 19.1. The highest BCUT2D eigenvalue weighted by Crippen LogP contribution is 2.27. The Hall–Kier alpha value is -0.640. The fraction of sp³-hybridized carbons (Fsp3) is 0.571. The van der Waals surface area contributed by atoms with E-state index in [2.05, 4.69) is 0 Å². The Balaban J connectivity index is 2.87. The van der Waals surface area contributed by atoms with Crippen molar-refractivity contribution in [1.82, 2.24) is 0 Å². The summed E-state index contributed by atoms with van der Waals surface area (Å²) in [4.78, 5) is 0. The molecule has 0 fully saturated rings. The molecule has 4 heteroatoms. The molecule has 0 heterocycles. The van der Waals surface area contributed by atoms with Gasteiger partial charge in [0.05, 0.1) is 17.2 Å². The third-order valence-corrected chi connectivity index (χ3v) is 3.21. The number of methoxy groups -OCH3 is 1. The van der Waals surface area contributed by atoms with Crippen molar-refractivity contribution in [2.75, 3.05) is 7.11 Å². The van der Waals surface area contributed by atoms with Crippen LogP contribution in [-0.4, -0.2) is 24.4 Å². The molecule has 102 valence electrons. The maximum atomic E-state index is 13.7. The molecule has 1 N–H and O–H groups in total. The molecule has 0 bridgehead atoms. The van der Waals surface area contributed by atoms with Gasteiger partial charge < -0.3 is 9.84 Å². The van der Waals surface area contributed by atoms with Gasteiger partial charge in [-0.15, -0.1) is 0 Å². The van der Waals surface area contributed by atoms with Crippen LogP contribution in [0.15, 0.2) is 18.2 Å². The molecule has 0 saturated heterocycles. The van der Waals surface area contributed by atoms with Crippen LogP contribution in [0.25, 0.3) is 0 Å². The van der Waals surface area contributed by atoms with Crippen molar-refractivity contribution in [1.29, 1.82) is 0 Å². The van der Waals surface area contributed by atoms with Crippen molar-refractivity contribution in [3.05, 3.63) is 34.6 Å². The van der Waals surface area contributed by atoms with Gasteiger partial charge in [-0.1, -0.05) is 44.5 Å². The maximum Gasteiger partial charge on any atom is 0.145 e. The van der Waals surface area contributed by atoms with Gasteiger partial charge >= 0.3 is 0 Å². The van der Waals surface area contributed by atoms with Crippen molar-refractivity contribution in [3.8, 4) is 0 Å². The smallest absolute Gasteiger partial charge is 0.145 e. The van der Waals surface area contributed by atoms with E-state index in [-0.39, 0.29) is 23.0 Å². The number of aliphatic hydroxyl groups is 1. The zero-order valence-corrected chi connectivity index (χ0v) is 12.0. The van der Waals surface area contributed by atoms with Crippen molar-refractivity contribution in [2.45, 2.75) is 39.4 Å². The van der Waals surface area contributed by atoms with E-state index < -0.39 is 11.9 Å². The van der Waals surface area contributed by atoms with E-state index in [0.717, 1.165) is 0 Å². The number of benzene rings is 1. The quantitative estimate of drug-likeness (QED) is 0.911. The van der Waals surface area contributed by atoms with Crippen LogP contribution in [0.5, 0.6) is 0 Å². The Morgan fingerprint density at radius 3 is 2.50 bits per heavy atom. The molecule has 18 heavy (non-hydrogen) atoms. The lowest BCUT2D eigenvalue weighted by Gasteiger charge is -2.33. The molecule has 0 spiro atoms. The summed E-state index contributed by atoms with van der Waals surface area (Å²) in [6, 6.07) is 4.79. The normalized spacial score (nSPS) is 15.5. The van der Waals surface area contributed by atoms with Gasteiger partial charge in [-0.2, -0.15) is 0 Å². The SMILES string of the molecule is COC(C(O)Cc1cccc(Cl)c1F)C(C)(C)C. The Morgan fingerprint density at radius 2 is 2.00 bits per heavy atom. The Bertz CT molecular complexity index is 401. The van der Waals surface area contributed by atoms with E-state index in [1.54, 1.807) is 19.2 Å². The fourth-order valence-electron chi connectivity index (χ4n) is 2.13. The number of halogens is 2. The topological polar surface area (TPSA) is 29.5 Å². The Morgan fingerprint density at radius 1 is 1.39 bits per heavy atom. The highest BCUT2D eigenvalue weighted by Gasteiger charge is 2.31. The summed E-state index contributed by atoms with van der Waals surface area (Å²) in [5.74, 6) is -0.470. The first-order chi connectivity index (χ1) is 8.27. The largest absolute Gasteiger partial charge is 0.390 e. The van der Waals surface area contributed by atoms with Crippen molar-refractivity contribution >= 4 is 11.6 Å². The van der Waals surface area contributed by atoms with Crippen LogP contribution in [0.1, 0.15) is 26.3 Å². The van der Waals surface area contributed by atoms with E-state index in [0.29, 0.717) is 5.56 Å². The van der Waals surface area contributed by atoms with Gasteiger partial charge in [-0.3, -0.25) is 0 Å². The minimum Gasteiger partial charge on any atom is -0.390 e. The molecule has 2 unspecified atom stereocenters. The summed E-state index contributed by atoms with van der Waals surface area (Å²) in [6.07, 6.45) is -0.957. The van der Waals surface area contributed by atoms with Gasteiger partial charge in [-0.25, -0.2) is 4.39 Å². The lowest BCUT2D eigenvalue weighted by atomic mass is 9.83. The average Bonchev–Trinajstić information content (AvgIpc) is 2.23. The van der Waals surface area contributed by atoms with E-state index in [4.69, 9.17) is 16.3 Å². The third-order valence-electron chi connectivity index (χ3n) is 2.92. The second-order valence-corrected chi connectivity index (χ2v) is 5.91. The molecule has 1 aromatic rings. The first kappa shape index (κ1) is 15.4. The van der Waals surface area contributed by atoms with Crippen LogP contribution in [0.4, 0.5) is 4.39 Å². The van der Waals surface area contributed by atoms with Crippen molar-refractivity contribution < 1.29 is 14.2 Å². The summed E-state index contributed by atoms with van der Waals surface area (Å²) in [5.41, 5.74) is 0.185. The highest BCUT2D eigenvalue weighted by atomic mass is 35.5. The predicted octanol–water partition coefficient (Wildman–Crippen LogP) is 3.44. The predicted molar refractivity (Wildman–Crippen MR) is 71.4 cm³/mol. The zero-order chi connectivity index (χ0) is 13.9. The molecule has 0 aliphatic heterocycles. The van der Waals surface area contributed by atoms with Gasteiger partial charge in [-0.05, 0) is 17.0 Å². The molecule has 1 aromatic carbocycles. The van der Waals surface area contributed by atoms with Crippen LogP contribution in [0.2, 0.25) is 5.02 Å². The molecule has 0 radical (unpaired) electrons. The minimum atomic E-state index is -0.775. The number of aliphatic hydroxyl groups excluding tert-OH is 1. The molecule has 0 amide bonds. The second-order valence-electron chi connectivity index (χ2n) is 5.51. The summed E-state index contributed by atoms with van der Waals surface area (Å²) in [5, 5.41) is 10.3. The molecule has 0 aromatic heterocycles. The third kappa shape index (κ3) is 3.67. The first-order valence-electron chi connectivity index (χ1n) is 5.91. The maximum absolute atomic E-state index is 13.7. The van der Waals surface area contributed by atoms with Crippen LogP contribution in [0, 0.1) is 11.2 Å². The second kappa shape index (κ2) is 6.00. The number of ether oxygens (including phenoxy) is 1. The molecule has 0 saturated carbocycles. The molecule has 0 aliphatic rings. The number of rotatable bonds is 4. The average molecular weight is 275 g/mol. The van der Waals surface area contributed by atoms with Crippen LogP contribution >= 0.6 is 11.6 Å². The summed E-state index contributed by atoms with van der Waals surface area (Å²) >= 11 is 5.71. The van der Waals surface area contributed by atoms with E-state index >= 15 is 0 Å². The summed E-state index contributed by atoms with van der Waals surface area (Å²) in [7, 11) is 1.55. The Kier molecular flexibility index (Phi) is 5.14. The standard InChI is InChI=1S/C14H20ClFO2/c1-14(2,3)13(18-4)11(17)8-9-6-5-7-10(15)12(9)16/h5-7,11,13,17H,8H2,1-4H3. The van der Waals surface area contributed by atoms with Gasteiger partial charge in [0.2, 0.25) is 0 Å². The van der Waals surface area contributed by atoms with E-state index in [1.165, 1.54) is 6.07 Å². The summed E-state index contributed by atoms with van der Waals surface area (Å²) in [6.45, 7) is 5.91. The highest BCUT2D eigenvalue weighted by molar-refractivity contribution is 6.30. The van der Waals surface area contributed by atoms with Crippen LogP contribution in [0.3, 0.4) is 0 Å². The lowest BCUT2D eigenvalue weighted by Crippen LogP contribution is -2.40. The van der Waals surface area contributed by atoms with E-state index in [9.17, 15) is 9.50 Å². The number of hydrogen-bond donors (Lipinski definition) is 1. The number of hydrogen-bond acceptors (Lipinski definition) is 2. The van der Waals surface area contributed by atoms with Crippen molar-refractivity contribution in [3.63, 3.8) is 0 Å².